The molecule has 1 amide bonds. The Kier molecular flexibility index (Phi) is 4.46. The van der Waals surface area contributed by atoms with E-state index >= 15 is 0 Å². The molecule has 0 spiro atoms. The number of nitrogens with one attached hydrogen (secondary N) is 1. The zero-order valence-corrected chi connectivity index (χ0v) is 15.4. The highest BCUT2D eigenvalue weighted by Crippen LogP contribution is 2.26. The zero-order valence-electron chi connectivity index (χ0n) is 14.6. The van der Waals surface area contributed by atoms with Gasteiger partial charge in [0.15, 0.2) is 0 Å². The van der Waals surface area contributed by atoms with E-state index in [4.69, 9.17) is 0 Å². The number of carbonyl (C=O) groups is 1. The summed E-state index contributed by atoms with van der Waals surface area (Å²) in [5.74, 6) is 0.0839. The summed E-state index contributed by atoms with van der Waals surface area (Å²) in [6, 6.07) is 7.95. The molecule has 0 radical (unpaired) electrons. The van der Waals surface area contributed by atoms with Crippen LogP contribution in [0.2, 0.25) is 0 Å². The topological polar surface area (TPSA) is 92.6 Å². The van der Waals surface area contributed by atoms with Crippen molar-refractivity contribution in [2.45, 2.75) is 37.2 Å². The maximum absolute atomic E-state index is 12.9. The second-order valence-corrected chi connectivity index (χ2v) is 7.66. The van der Waals surface area contributed by atoms with Crippen LogP contribution in [-0.4, -0.2) is 53.0 Å². The first-order valence-electron chi connectivity index (χ1n) is 8.44. The number of benzene rings is 1. The highest BCUT2D eigenvalue weighted by Gasteiger charge is 2.27. The number of amides is 1. The van der Waals surface area contributed by atoms with Gasteiger partial charge in [-0.3, -0.25) is 9.89 Å². The van der Waals surface area contributed by atoms with E-state index < -0.39 is 0 Å². The van der Waals surface area contributed by atoms with Crippen LogP contribution in [0.25, 0.3) is 5.69 Å². The summed E-state index contributed by atoms with van der Waals surface area (Å²) < 4.78 is 1.67. The number of hydrogen-bond acceptors (Lipinski definition) is 6. The molecule has 0 fully saturated rings. The Labute approximate surface area is 155 Å². The fourth-order valence-corrected chi connectivity index (χ4v) is 3.94. The monoisotopic (exact) mass is 369 g/mol. The normalized spacial score (nSPS) is 14.9. The molecular weight excluding hydrogens is 350 g/mol. The summed E-state index contributed by atoms with van der Waals surface area (Å²) in [4.78, 5) is 14.7. The van der Waals surface area contributed by atoms with Crippen molar-refractivity contribution in [3.05, 3.63) is 47.3 Å². The molecule has 0 saturated carbocycles. The summed E-state index contributed by atoms with van der Waals surface area (Å²) in [5, 5.41) is 19.3. The largest absolute Gasteiger partial charge is 0.337 e. The molecule has 2 aromatic heterocycles. The fraction of sp³-hybridized carbons (Fsp3) is 0.353. The number of tetrazole rings is 1. The van der Waals surface area contributed by atoms with Crippen LogP contribution >= 0.6 is 11.8 Å². The molecule has 0 saturated heterocycles. The number of aryl methyl sites for hydroxylation is 1. The van der Waals surface area contributed by atoms with E-state index in [2.05, 4.69) is 25.7 Å². The third-order valence-electron chi connectivity index (χ3n) is 4.43. The van der Waals surface area contributed by atoms with E-state index in [1.165, 1.54) is 11.8 Å². The first kappa shape index (κ1) is 16.8. The quantitative estimate of drug-likeness (QED) is 0.705. The molecule has 134 valence electrons. The van der Waals surface area contributed by atoms with Crippen LogP contribution in [0, 0.1) is 6.92 Å². The third-order valence-corrected chi connectivity index (χ3v) is 5.45. The second kappa shape index (κ2) is 6.91. The predicted molar refractivity (Wildman–Crippen MR) is 96.9 cm³/mol. The maximum Gasteiger partial charge on any atom is 0.236 e. The fourth-order valence-electron chi connectivity index (χ4n) is 3.05. The Hall–Kier alpha value is -2.68. The first-order valence-corrected chi connectivity index (χ1v) is 9.32. The molecule has 26 heavy (non-hydrogen) atoms. The number of hydrogen-bond donors (Lipinski definition) is 1. The molecule has 1 atom stereocenters. The van der Waals surface area contributed by atoms with Crippen LogP contribution in [0.3, 0.4) is 0 Å². The summed E-state index contributed by atoms with van der Waals surface area (Å²) >= 11 is 1.37. The lowest BCUT2D eigenvalue weighted by molar-refractivity contribution is -0.131. The first-order chi connectivity index (χ1) is 12.6. The van der Waals surface area contributed by atoms with E-state index in [1.54, 1.807) is 10.9 Å². The number of fused-ring (bicyclic) bond motifs is 1. The van der Waals surface area contributed by atoms with Crippen LogP contribution in [0.5, 0.6) is 0 Å². The summed E-state index contributed by atoms with van der Waals surface area (Å²) in [6.45, 7) is 5.21. The van der Waals surface area contributed by atoms with Crippen molar-refractivity contribution >= 4 is 17.7 Å². The van der Waals surface area contributed by atoms with Crippen LogP contribution in [0.1, 0.15) is 23.7 Å². The molecule has 1 aliphatic rings. The van der Waals surface area contributed by atoms with Gasteiger partial charge in [-0.25, -0.2) is 0 Å². The van der Waals surface area contributed by atoms with Crippen molar-refractivity contribution in [3.8, 4) is 5.69 Å². The average molecular weight is 369 g/mol. The minimum absolute atomic E-state index is 0.0839. The predicted octanol–water partition coefficient (Wildman–Crippen LogP) is 1.76. The highest BCUT2D eigenvalue weighted by atomic mass is 32.2. The van der Waals surface area contributed by atoms with Gasteiger partial charge in [-0.05, 0) is 42.0 Å². The van der Waals surface area contributed by atoms with Gasteiger partial charge in [-0.2, -0.15) is 9.78 Å². The molecule has 0 unspecified atom stereocenters. The van der Waals surface area contributed by atoms with Crippen molar-refractivity contribution in [1.29, 1.82) is 0 Å². The van der Waals surface area contributed by atoms with Gasteiger partial charge in [0.1, 0.15) is 0 Å². The van der Waals surface area contributed by atoms with Crippen LogP contribution < -0.4 is 0 Å². The Morgan fingerprint density at radius 2 is 2.27 bits per heavy atom. The molecular formula is C17H19N7OS. The summed E-state index contributed by atoms with van der Waals surface area (Å²) in [5.41, 5.74) is 4.23. The van der Waals surface area contributed by atoms with Crippen molar-refractivity contribution in [1.82, 2.24) is 35.3 Å². The van der Waals surface area contributed by atoms with Crippen molar-refractivity contribution in [3.63, 3.8) is 0 Å². The number of H-pyrrole nitrogens is 1. The minimum atomic E-state index is -0.280. The number of aromatic amines is 1. The molecule has 1 N–H and O–H groups in total. The lowest BCUT2D eigenvalue weighted by Gasteiger charge is -2.28. The average Bonchev–Trinajstić information content (AvgIpc) is 3.29. The molecule has 3 aromatic rings. The van der Waals surface area contributed by atoms with Crippen LogP contribution in [0.15, 0.2) is 35.6 Å². The van der Waals surface area contributed by atoms with Gasteiger partial charge >= 0.3 is 0 Å². The van der Waals surface area contributed by atoms with Gasteiger partial charge < -0.3 is 4.90 Å². The molecule has 3 heterocycles. The number of nitrogens with zero attached hydrogens (tertiary/aromatic N) is 6. The van der Waals surface area contributed by atoms with Gasteiger partial charge in [-0.15, -0.1) is 5.10 Å². The summed E-state index contributed by atoms with van der Waals surface area (Å²) in [6.07, 6.45) is 2.60. The molecule has 1 aromatic carbocycles. The van der Waals surface area contributed by atoms with Crippen molar-refractivity contribution < 1.29 is 4.79 Å². The van der Waals surface area contributed by atoms with Crippen molar-refractivity contribution in [2.24, 2.45) is 0 Å². The second-order valence-electron chi connectivity index (χ2n) is 6.36. The lowest BCUT2D eigenvalue weighted by Crippen LogP contribution is -2.40. The van der Waals surface area contributed by atoms with Gasteiger partial charge in [0, 0.05) is 30.8 Å². The SMILES string of the molecule is Cc1cccc(-n2nnnc2S[C@H](C)C(=O)N2CCc3[nH]ncc3C2)c1. The van der Waals surface area contributed by atoms with Crippen LogP contribution in [0.4, 0.5) is 0 Å². The standard InChI is InChI=1S/C17H19N7OS/c1-11-4-3-5-14(8-11)24-17(20-21-22-24)26-12(2)16(25)23-7-6-15-13(10-23)9-18-19-15/h3-5,8-9,12H,6-7,10H2,1-2H3,(H,18,19)/t12-/m1/s1. The van der Waals surface area contributed by atoms with E-state index in [-0.39, 0.29) is 11.2 Å². The molecule has 0 bridgehead atoms. The molecule has 9 heteroatoms. The zero-order chi connectivity index (χ0) is 18.1. The molecule has 1 aliphatic heterocycles. The number of thioether (sulfide) groups is 1. The van der Waals surface area contributed by atoms with Gasteiger partial charge in [-0.1, -0.05) is 23.9 Å². The van der Waals surface area contributed by atoms with E-state index in [9.17, 15) is 4.79 Å². The Morgan fingerprint density at radius 3 is 3.12 bits per heavy atom. The van der Waals surface area contributed by atoms with E-state index in [1.807, 2.05) is 43.0 Å². The highest BCUT2D eigenvalue weighted by molar-refractivity contribution is 8.00. The lowest BCUT2D eigenvalue weighted by atomic mass is 10.1. The molecule has 0 aliphatic carbocycles. The number of aromatic nitrogens is 6. The third kappa shape index (κ3) is 3.22. The van der Waals surface area contributed by atoms with Gasteiger partial charge in [0.2, 0.25) is 11.1 Å². The molecule has 8 nitrogen and oxygen atoms in total. The Morgan fingerprint density at radius 1 is 1.38 bits per heavy atom. The van der Waals surface area contributed by atoms with Gasteiger partial charge in [0.05, 0.1) is 17.1 Å². The Balaban J connectivity index is 1.48. The maximum atomic E-state index is 12.9. The molecule has 4 rings (SSSR count). The minimum Gasteiger partial charge on any atom is -0.337 e. The van der Waals surface area contributed by atoms with E-state index in [0.29, 0.717) is 18.2 Å². The summed E-state index contributed by atoms with van der Waals surface area (Å²) in [7, 11) is 0. The van der Waals surface area contributed by atoms with Crippen LogP contribution in [-0.2, 0) is 17.8 Å². The van der Waals surface area contributed by atoms with Crippen molar-refractivity contribution in [2.75, 3.05) is 6.54 Å². The number of rotatable bonds is 4. The number of carbonyl (C=O) groups excluding carboxylic acids is 1. The van der Waals surface area contributed by atoms with E-state index in [0.717, 1.165) is 28.9 Å². The Bertz CT molecular complexity index is 935. The van der Waals surface area contributed by atoms with Gasteiger partial charge in [0.25, 0.3) is 0 Å². The smallest absolute Gasteiger partial charge is 0.236 e.